The van der Waals surface area contributed by atoms with Gasteiger partial charge >= 0.3 is 5.97 Å². The molecule has 2 heterocycles. The second-order valence-corrected chi connectivity index (χ2v) is 4.96. The number of aromatic carboxylic acids is 1. The van der Waals surface area contributed by atoms with E-state index in [9.17, 15) is 9.90 Å². The second-order valence-electron chi connectivity index (χ2n) is 4.96. The van der Waals surface area contributed by atoms with Gasteiger partial charge in [-0.3, -0.25) is 0 Å². The Hall–Kier alpha value is -2.17. The quantitative estimate of drug-likeness (QED) is 0.894. The highest BCUT2D eigenvalue weighted by atomic mass is 16.4. The summed E-state index contributed by atoms with van der Waals surface area (Å²) in [5.74, 6) is -0.525. The van der Waals surface area contributed by atoms with E-state index in [0.717, 1.165) is 41.9 Å². The monoisotopic (exact) mass is 257 g/mol. The zero-order chi connectivity index (χ0) is 13.6. The summed E-state index contributed by atoms with van der Waals surface area (Å²) in [4.78, 5) is 16.0. The predicted molar refractivity (Wildman–Crippen MR) is 69.8 cm³/mol. The van der Waals surface area contributed by atoms with Crippen LogP contribution in [0, 0.1) is 13.8 Å². The lowest BCUT2D eigenvalue weighted by atomic mass is 10.1. The van der Waals surface area contributed by atoms with Gasteiger partial charge < -0.3 is 5.11 Å². The molecular formula is C14H15N3O2. The fourth-order valence-corrected chi connectivity index (χ4v) is 2.62. The molecular weight excluding hydrogens is 242 g/mol. The summed E-state index contributed by atoms with van der Waals surface area (Å²) in [6.07, 6.45) is 2.88. The second kappa shape index (κ2) is 4.19. The Morgan fingerprint density at radius 1 is 1.32 bits per heavy atom. The summed E-state index contributed by atoms with van der Waals surface area (Å²) in [5, 5.41) is 13.7. The van der Waals surface area contributed by atoms with Gasteiger partial charge in [0, 0.05) is 11.4 Å². The maximum atomic E-state index is 11.4. The average molecular weight is 257 g/mol. The Bertz CT molecular complexity index is 674. The first-order valence-electron chi connectivity index (χ1n) is 6.36. The molecule has 98 valence electrons. The molecule has 0 amide bonds. The summed E-state index contributed by atoms with van der Waals surface area (Å²) >= 11 is 0. The molecule has 2 aromatic heterocycles. The number of aromatic nitrogens is 3. The van der Waals surface area contributed by atoms with Gasteiger partial charge in [-0.1, -0.05) is 0 Å². The number of carboxylic acids is 1. The first-order valence-corrected chi connectivity index (χ1v) is 6.36. The molecule has 0 radical (unpaired) electrons. The molecule has 0 saturated heterocycles. The molecule has 0 aromatic carbocycles. The summed E-state index contributed by atoms with van der Waals surface area (Å²) in [7, 11) is 0. The van der Waals surface area contributed by atoms with Crippen LogP contribution < -0.4 is 0 Å². The third-order valence-corrected chi connectivity index (χ3v) is 3.47. The molecule has 5 heteroatoms. The van der Waals surface area contributed by atoms with E-state index in [0.29, 0.717) is 5.82 Å². The summed E-state index contributed by atoms with van der Waals surface area (Å²) in [6.45, 7) is 3.79. The van der Waals surface area contributed by atoms with Crippen LogP contribution in [-0.2, 0) is 12.8 Å². The number of pyridine rings is 1. The van der Waals surface area contributed by atoms with E-state index in [1.807, 2.05) is 19.9 Å². The fourth-order valence-electron chi connectivity index (χ4n) is 2.62. The van der Waals surface area contributed by atoms with Gasteiger partial charge in [-0.05, 0) is 50.8 Å². The van der Waals surface area contributed by atoms with Crippen molar-refractivity contribution >= 4 is 5.97 Å². The minimum absolute atomic E-state index is 0.229. The van der Waals surface area contributed by atoms with Crippen LogP contribution in [-0.4, -0.2) is 25.8 Å². The molecule has 0 saturated carbocycles. The lowest BCUT2D eigenvalue weighted by Gasteiger charge is -2.10. The van der Waals surface area contributed by atoms with Crippen molar-refractivity contribution in [2.24, 2.45) is 0 Å². The molecule has 1 aliphatic rings. The minimum atomic E-state index is -0.954. The highest BCUT2D eigenvalue weighted by Crippen LogP contribution is 2.25. The number of carbonyl (C=O) groups is 1. The lowest BCUT2D eigenvalue weighted by molar-refractivity contribution is 0.0696. The van der Waals surface area contributed by atoms with Crippen LogP contribution in [0.15, 0.2) is 12.1 Å². The molecule has 19 heavy (non-hydrogen) atoms. The summed E-state index contributed by atoms with van der Waals surface area (Å²) in [5.41, 5.74) is 4.05. The summed E-state index contributed by atoms with van der Waals surface area (Å²) in [6, 6.07) is 3.67. The average Bonchev–Trinajstić information content (AvgIpc) is 2.92. The SMILES string of the molecule is Cc1cc(C)n(-c2nc3c(cc2C(=O)O)CCC3)n1. The zero-order valence-electron chi connectivity index (χ0n) is 11.0. The molecule has 0 atom stereocenters. The van der Waals surface area contributed by atoms with Gasteiger partial charge in [-0.15, -0.1) is 0 Å². The molecule has 1 aliphatic carbocycles. The highest BCUT2D eigenvalue weighted by Gasteiger charge is 2.22. The Kier molecular flexibility index (Phi) is 2.62. The van der Waals surface area contributed by atoms with E-state index in [4.69, 9.17) is 0 Å². The van der Waals surface area contributed by atoms with Crippen LogP contribution in [0.25, 0.3) is 5.82 Å². The molecule has 2 aromatic rings. The molecule has 0 aliphatic heterocycles. The first kappa shape index (κ1) is 11.9. The zero-order valence-corrected chi connectivity index (χ0v) is 11.0. The smallest absolute Gasteiger partial charge is 0.339 e. The van der Waals surface area contributed by atoms with Gasteiger partial charge in [0.2, 0.25) is 0 Å². The third kappa shape index (κ3) is 1.91. The number of rotatable bonds is 2. The summed E-state index contributed by atoms with van der Waals surface area (Å²) < 4.78 is 1.62. The number of carboxylic acid groups (broad SMARTS) is 1. The Morgan fingerprint density at radius 3 is 2.74 bits per heavy atom. The number of aryl methyl sites for hydroxylation is 4. The molecule has 0 bridgehead atoms. The third-order valence-electron chi connectivity index (χ3n) is 3.47. The van der Waals surface area contributed by atoms with Crippen LogP contribution in [0.4, 0.5) is 0 Å². The largest absolute Gasteiger partial charge is 0.478 e. The van der Waals surface area contributed by atoms with E-state index in [2.05, 4.69) is 10.1 Å². The van der Waals surface area contributed by atoms with Crippen molar-refractivity contribution in [1.82, 2.24) is 14.8 Å². The standard InChI is InChI=1S/C14H15N3O2/c1-8-6-9(2)17(16-8)13-11(14(18)19)7-10-4-3-5-12(10)15-13/h6-7H,3-5H2,1-2H3,(H,18,19). The Labute approximate surface area is 110 Å². The van der Waals surface area contributed by atoms with Crippen LogP contribution in [0.5, 0.6) is 0 Å². The van der Waals surface area contributed by atoms with Gasteiger partial charge in [0.1, 0.15) is 5.56 Å². The Balaban J connectivity index is 2.25. The van der Waals surface area contributed by atoms with Crippen molar-refractivity contribution in [3.05, 3.63) is 40.3 Å². The fraction of sp³-hybridized carbons (Fsp3) is 0.357. The lowest BCUT2D eigenvalue weighted by Crippen LogP contribution is -2.12. The number of fused-ring (bicyclic) bond motifs is 1. The highest BCUT2D eigenvalue weighted by molar-refractivity contribution is 5.91. The molecule has 0 spiro atoms. The van der Waals surface area contributed by atoms with Crippen molar-refractivity contribution in [2.45, 2.75) is 33.1 Å². The number of hydrogen-bond acceptors (Lipinski definition) is 3. The minimum Gasteiger partial charge on any atom is -0.478 e. The molecule has 3 rings (SSSR count). The van der Waals surface area contributed by atoms with Gasteiger partial charge in [0.15, 0.2) is 5.82 Å². The van der Waals surface area contributed by atoms with E-state index in [-0.39, 0.29) is 5.56 Å². The molecule has 5 nitrogen and oxygen atoms in total. The van der Waals surface area contributed by atoms with E-state index in [1.54, 1.807) is 10.7 Å². The van der Waals surface area contributed by atoms with Crippen molar-refractivity contribution in [2.75, 3.05) is 0 Å². The van der Waals surface area contributed by atoms with Crippen LogP contribution in [0.3, 0.4) is 0 Å². The van der Waals surface area contributed by atoms with E-state index >= 15 is 0 Å². The van der Waals surface area contributed by atoms with Crippen LogP contribution >= 0.6 is 0 Å². The van der Waals surface area contributed by atoms with Gasteiger partial charge in [-0.25, -0.2) is 14.5 Å². The molecule has 0 fully saturated rings. The van der Waals surface area contributed by atoms with Crippen LogP contribution in [0.1, 0.15) is 39.4 Å². The number of nitrogens with zero attached hydrogens (tertiary/aromatic N) is 3. The van der Waals surface area contributed by atoms with Gasteiger partial charge in [0.05, 0.1) is 5.69 Å². The van der Waals surface area contributed by atoms with Crippen molar-refractivity contribution in [1.29, 1.82) is 0 Å². The molecule has 0 unspecified atom stereocenters. The van der Waals surface area contributed by atoms with E-state index in [1.165, 1.54) is 0 Å². The van der Waals surface area contributed by atoms with Crippen molar-refractivity contribution in [3.8, 4) is 5.82 Å². The van der Waals surface area contributed by atoms with Crippen molar-refractivity contribution < 1.29 is 9.90 Å². The van der Waals surface area contributed by atoms with Gasteiger partial charge in [-0.2, -0.15) is 5.10 Å². The predicted octanol–water partition coefficient (Wildman–Crippen LogP) is 2.07. The van der Waals surface area contributed by atoms with Crippen molar-refractivity contribution in [3.63, 3.8) is 0 Å². The first-order chi connectivity index (χ1) is 9.06. The molecule has 1 N–H and O–H groups in total. The maximum Gasteiger partial charge on any atom is 0.339 e. The van der Waals surface area contributed by atoms with E-state index < -0.39 is 5.97 Å². The maximum absolute atomic E-state index is 11.4. The normalized spacial score (nSPS) is 13.6. The number of hydrogen-bond donors (Lipinski definition) is 1. The van der Waals surface area contributed by atoms with Crippen LogP contribution in [0.2, 0.25) is 0 Å². The Morgan fingerprint density at radius 2 is 2.11 bits per heavy atom. The topological polar surface area (TPSA) is 68.0 Å². The van der Waals surface area contributed by atoms with Gasteiger partial charge in [0.25, 0.3) is 0 Å².